The van der Waals surface area contributed by atoms with E-state index in [1.165, 1.54) is 50.8 Å². The Kier molecular flexibility index (Phi) is 4.52. The summed E-state index contributed by atoms with van der Waals surface area (Å²) in [6.45, 7) is 1.37. The molecule has 25 heavy (non-hydrogen) atoms. The van der Waals surface area contributed by atoms with Gasteiger partial charge in [-0.1, -0.05) is 18.9 Å². The lowest BCUT2D eigenvalue weighted by Crippen LogP contribution is -1.97. The molecule has 0 aromatic carbocycles. The van der Waals surface area contributed by atoms with E-state index in [9.17, 15) is 0 Å². The molecule has 0 unspecified atom stereocenters. The third-order valence-corrected chi connectivity index (χ3v) is 8.65. The Hall–Kier alpha value is -0.980. The van der Waals surface area contributed by atoms with Crippen molar-refractivity contribution >= 4 is 34.0 Å². The maximum Gasteiger partial charge on any atom is 0.185 e. The summed E-state index contributed by atoms with van der Waals surface area (Å²) in [6.07, 6.45) is 5.29. The van der Waals surface area contributed by atoms with Crippen molar-refractivity contribution in [3.8, 4) is 19.5 Å². The largest absolute Gasteiger partial charge is 0.346 e. The lowest BCUT2D eigenvalue weighted by Gasteiger charge is -2.08. The van der Waals surface area contributed by atoms with Crippen LogP contribution in [0.2, 0.25) is 0 Å². The molecular weight excluding hydrogens is 368 g/mol. The summed E-state index contributed by atoms with van der Waals surface area (Å²) >= 11 is 5.64. The minimum absolute atomic E-state index is 0.212. The number of rotatable bonds is 4. The standard InChI is InChI=1S/C20H20O2S3/c1-2-5-13(4-1)15-7-8-16(24-15)18-12-14(20-21-9-10-22-20)19(25-18)17-6-3-11-23-17/h3,6-8,11-13,20H,1-2,4-5,9-10H2. The Morgan fingerprint density at radius 3 is 2.48 bits per heavy atom. The van der Waals surface area contributed by atoms with Gasteiger partial charge in [0.1, 0.15) is 0 Å². The molecule has 1 aliphatic carbocycles. The summed E-state index contributed by atoms with van der Waals surface area (Å²) in [7, 11) is 0. The molecule has 1 aliphatic heterocycles. The number of hydrogen-bond donors (Lipinski definition) is 0. The van der Waals surface area contributed by atoms with Crippen LogP contribution in [-0.2, 0) is 9.47 Å². The quantitative estimate of drug-likeness (QED) is 0.483. The molecule has 0 amide bonds. The Balaban J connectivity index is 1.52. The third-order valence-electron chi connectivity index (χ3n) is 5.01. The van der Waals surface area contributed by atoms with Crippen LogP contribution >= 0.6 is 34.0 Å². The van der Waals surface area contributed by atoms with Gasteiger partial charge in [-0.15, -0.1) is 34.0 Å². The zero-order valence-electron chi connectivity index (χ0n) is 13.9. The van der Waals surface area contributed by atoms with Crippen molar-refractivity contribution in [3.05, 3.63) is 46.2 Å². The smallest absolute Gasteiger partial charge is 0.185 e. The first-order valence-electron chi connectivity index (χ1n) is 8.89. The van der Waals surface area contributed by atoms with E-state index in [2.05, 4.69) is 35.7 Å². The van der Waals surface area contributed by atoms with Crippen LogP contribution in [0, 0.1) is 0 Å². The molecule has 2 fully saturated rings. The third kappa shape index (κ3) is 3.13. The van der Waals surface area contributed by atoms with Gasteiger partial charge < -0.3 is 9.47 Å². The predicted octanol–water partition coefficient (Wildman–Crippen LogP) is 6.91. The SMILES string of the molecule is c1csc(-c2sc(-c3ccc(C4CCCC4)s3)cc2C2OCCO2)c1. The molecule has 1 saturated carbocycles. The molecule has 3 aromatic heterocycles. The Morgan fingerprint density at radius 2 is 1.72 bits per heavy atom. The van der Waals surface area contributed by atoms with Gasteiger partial charge in [0.2, 0.25) is 0 Å². The van der Waals surface area contributed by atoms with Crippen LogP contribution in [0.3, 0.4) is 0 Å². The van der Waals surface area contributed by atoms with Crippen molar-refractivity contribution in [2.45, 2.75) is 37.9 Å². The molecule has 0 spiro atoms. The Bertz CT molecular complexity index is 834. The van der Waals surface area contributed by atoms with Gasteiger partial charge in [-0.3, -0.25) is 0 Å². The van der Waals surface area contributed by atoms with Crippen LogP contribution in [0.25, 0.3) is 19.5 Å². The van der Waals surface area contributed by atoms with Gasteiger partial charge in [0.15, 0.2) is 6.29 Å². The van der Waals surface area contributed by atoms with Crippen LogP contribution in [0.1, 0.15) is 48.3 Å². The molecule has 0 bridgehead atoms. The molecule has 5 rings (SSSR count). The summed E-state index contributed by atoms with van der Waals surface area (Å²) in [6, 6.07) is 11.3. The van der Waals surface area contributed by atoms with Gasteiger partial charge in [0.25, 0.3) is 0 Å². The minimum atomic E-state index is -0.212. The highest BCUT2D eigenvalue weighted by Crippen LogP contribution is 2.47. The highest BCUT2D eigenvalue weighted by Gasteiger charge is 2.26. The zero-order valence-corrected chi connectivity index (χ0v) is 16.4. The second kappa shape index (κ2) is 6.97. The van der Waals surface area contributed by atoms with Gasteiger partial charge in [0, 0.05) is 25.1 Å². The van der Waals surface area contributed by atoms with E-state index in [1.54, 1.807) is 16.2 Å². The highest BCUT2D eigenvalue weighted by molar-refractivity contribution is 7.26. The molecule has 3 aromatic rings. The summed E-state index contributed by atoms with van der Waals surface area (Å²) in [4.78, 5) is 6.89. The molecule has 2 nitrogen and oxygen atoms in total. The van der Waals surface area contributed by atoms with E-state index < -0.39 is 0 Å². The van der Waals surface area contributed by atoms with Gasteiger partial charge in [-0.2, -0.15) is 0 Å². The predicted molar refractivity (Wildman–Crippen MR) is 107 cm³/mol. The molecule has 5 heteroatoms. The fourth-order valence-corrected chi connectivity index (χ4v) is 7.06. The second-order valence-electron chi connectivity index (χ2n) is 6.63. The molecule has 0 atom stereocenters. The normalized spacial score (nSPS) is 19.2. The van der Waals surface area contributed by atoms with E-state index in [4.69, 9.17) is 9.47 Å². The summed E-state index contributed by atoms with van der Waals surface area (Å²) < 4.78 is 11.6. The van der Waals surface area contributed by atoms with Crippen LogP contribution < -0.4 is 0 Å². The van der Waals surface area contributed by atoms with Crippen molar-refractivity contribution in [1.29, 1.82) is 0 Å². The van der Waals surface area contributed by atoms with E-state index in [0.29, 0.717) is 13.2 Å². The summed E-state index contributed by atoms with van der Waals surface area (Å²) in [5.41, 5.74) is 1.19. The lowest BCUT2D eigenvalue weighted by atomic mass is 10.1. The van der Waals surface area contributed by atoms with Crippen molar-refractivity contribution in [1.82, 2.24) is 0 Å². The second-order valence-corrected chi connectivity index (χ2v) is 9.74. The summed E-state index contributed by atoms with van der Waals surface area (Å²) in [5.74, 6) is 0.788. The van der Waals surface area contributed by atoms with Gasteiger partial charge in [-0.05, 0) is 48.4 Å². The van der Waals surface area contributed by atoms with Crippen molar-refractivity contribution in [2.24, 2.45) is 0 Å². The number of ether oxygens (including phenoxy) is 2. The van der Waals surface area contributed by atoms with Gasteiger partial charge in [-0.25, -0.2) is 0 Å². The molecule has 1 saturated heterocycles. The first-order chi connectivity index (χ1) is 12.4. The average molecular weight is 389 g/mol. The van der Waals surface area contributed by atoms with Gasteiger partial charge >= 0.3 is 0 Å². The zero-order chi connectivity index (χ0) is 16.6. The fraction of sp³-hybridized carbons (Fsp3) is 0.400. The molecule has 0 radical (unpaired) electrons. The van der Waals surface area contributed by atoms with Crippen LogP contribution in [0.4, 0.5) is 0 Å². The van der Waals surface area contributed by atoms with E-state index in [0.717, 1.165) is 5.92 Å². The van der Waals surface area contributed by atoms with E-state index >= 15 is 0 Å². The average Bonchev–Trinajstić information content (AvgIpc) is 3.48. The van der Waals surface area contributed by atoms with E-state index in [-0.39, 0.29) is 6.29 Å². The molecule has 2 aliphatic rings. The van der Waals surface area contributed by atoms with Crippen LogP contribution in [-0.4, -0.2) is 13.2 Å². The maximum absolute atomic E-state index is 5.81. The maximum atomic E-state index is 5.81. The van der Waals surface area contributed by atoms with Crippen LogP contribution in [0.15, 0.2) is 35.7 Å². The first kappa shape index (κ1) is 16.2. The topological polar surface area (TPSA) is 18.5 Å². The van der Waals surface area contributed by atoms with Crippen molar-refractivity contribution in [2.75, 3.05) is 13.2 Å². The van der Waals surface area contributed by atoms with Crippen molar-refractivity contribution in [3.63, 3.8) is 0 Å². The van der Waals surface area contributed by atoms with Gasteiger partial charge in [0.05, 0.1) is 18.1 Å². The molecular formula is C20H20O2S3. The Morgan fingerprint density at radius 1 is 0.880 bits per heavy atom. The first-order valence-corrected chi connectivity index (χ1v) is 11.4. The monoisotopic (exact) mass is 388 g/mol. The number of thiophene rings is 3. The summed E-state index contributed by atoms with van der Waals surface area (Å²) in [5, 5.41) is 2.14. The Labute approximate surface area is 160 Å². The van der Waals surface area contributed by atoms with E-state index in [1.807, 2.05) is 22.7 Å². The lowest BCUT2D eigenvalue weighted by molar-refractivity contribution is -0.0433. The highest BCUT2D eigenvalue weighted by atomic mass is 32.1. The minimum Gasteiger partial charge on any atom is -0.346 e. The van der Waals surface area contributed by atoms with Crippen molar-refractivity contribution < 1.29 is 9.47 Å². The molecule has 4 heterocycles. The van der Waals surface area contributed by atoms with Crippen LogP contribution in [0.5, 0.6) is 0 Å². The molecule has 130 valence electrons. The molecule has 0 N–H and O–H groups in total. The number of hydrogen-bond acceptors (Lipinski definition) is 5. The fourth-order valence-electron chi connectivity index (χ4n) is 3.75.